The predicted molar refractivity (Wildman–Crippen MR) is 162 cm³/mol. The minimum Gasteiger partial charge on any atom is -0.389 e. The molecule has 0 bridgehead atoms. The molecule has 0 atom stereocenters. The monoisotopic (exact) mass is 550 g/mol. The number of likely N-dealkylation sites (N-methyl/N-ethyl adjacent to an activating group) is 1. The van der Waals surface area contributed by atoms with Crippen LogP contribution in [0.25, 0.3) is 11.6 Å². The average Bonchev–Trinajstić information content (AvgIpc) is 2.91. The first-order valence-corrected chi connectivity index (χ1v) is 13.6. The molecule has 2 rings (SSSR count). The van der Waals surface area contributed by atoms with Gasteiger partial charge >= 0.3 is 0 Å². The van der Waals surface area contributed by atoms with Crippen LogP contribution in [0, 0.1) is 0 Å². The quantitative estimate of drug-likeness (QED) is 0.364. The van der Waals surface area contributed by atoms with Crippen LogP contribution in [0.3, 0.4) is 0 Å². The van der Waals surface area contributed by atoms with Gasteiger partial charge in [0.25, 0.3) is 0 Å². The summed E-state index contributed by atoms with van der Waals surface area (Å²) in [6.07, 6.45) is 10.6. The molecule has 216 valence electrons. The molecule has 0 spiro atoms. The second kappa shape index (κ2) is 15.1. The summed E-state index contributed by atoms with van der Waals surface area (Å²) in [7, 11) is 1.83. The lowest BCUT2D eigenvalue weighted by Gasteiger charge is -2.24. The van der Waals surface area contributed by atoms with E-state index < -0.39 is 11.4 Å². The molecule has 1 aromatic carbocycles. The molecule has 7 nitrogen and oxygen atoms in total. The Morgan fingerprint density at radius 1 is 1.20 bits per heavy atom. The molecule has 0 aromatic heterocycles. The van der Waals surface area contributed by atoms with E-state index in [0.29, 0.717) is 47.5 Å². The fraction of sp³-hybridized carbons (Fsp3) is 0.406. The van der Waals surface area contributed by atoms with Crippen molar-refractivity contribution >= 4 is 29.7 Å². The van der Waals surface area contributed by atoms with Crippen molar-refractivity contribution in [2.45, 2.75) is 52.6 Å². The van der Waals surface area contributed by atoms with Crippen molar-refractivity contribution in [2.75, 3.05) is 33.2 Å². The van der Waals surface area contributed by atoms with E-state index >= 15 is 4.39 Å². The van der Waals surface area contributed by atoms with Crippen molar-refractivity contribution in [2.24, 2.45) is 10.7 Å². The van der Waals surface area contributed by atoms with Crippen LogP contribution in [0.2, 0.25) is 0 Å². The molecule has 1 heterocycles. The van der Waals surface area contributed by atoms with E-state index in [1.165, 1.54) is 12.2 Å². The molecular formula is C32H43FN4O3. The number of rotatable bonds is 11. The largest absolute Gasteiger partial charge is 0.389 e. The third-order valence-corrected chi connectivity index (χ3v) is 6.16. The molecular weight excluding hydrogens is 507 g/mol. The van der Waals surface area contributed by atoms with E-state index in [4.69, 9.17) is 5.73 Å². The zero-order valence-electron chi connectivity index (χ0n) is 24.4. The summed E-state index contributed by atoms with van der Waals surface area (Å²) in [5.41, 5.74) is 8.03. The first-order valence-electron chi connectivity index (χ1n) is 13.6. The van der Waals surface area contributed by atoms with Crippen LogP contribution in [-0.4, -0.2) is 71.8 Å². The maximum Gasteiger partial charge on any atom is 0.250 e. The van der Waals surface area contributed by atoms with E-state index in [0.717, 1.165) is 19.1 Å². The van der Waals surface area contributed by atoms with Gasteiger partial charge in [-0.3, -0.25) is 14.6 Å². The van der Waals surface area contributed by atoms with Gasteiger partial charge < -0.3 is 20.6 Å². The van der Waals surface area contributed by atoms with Gasteiger partial charge in [-0.25, -0.2) is 4.39 Å². The average molecular weight is 551 g/mol. The summed E-state index contributed by atoms with van der Waals surface area (Å²) in [6, 6.07) is 5.21. The second-order valence-electron chi connectivity index (χ2n) is 10.7. The SMILES string of the molecule is C=C1/C=C(/C(=O)N(CCC)CCC)CC(N)=NC/C=C(/c2ccc(C=O)c(/C=C\N(C)CC(C)(C)O)c2)C=C1F. The van der Waals surface area contributed by atoms with Gasteiger partial charge in [-0.2, -0.15) is 0 Å². The summed E-state index contributed by atoms with van der Waals surface area (Å²) in [5.74, 6) is -0.511. The summed E-state index contributed by atoms with van der Waals surface area (Å²) < 4.78 is 15.5. The molecule has 0 fully saturated rings. The number of hydrogen-bond donors (Lipinski definition) is 2. The number of halogens is 1. The highest BCUT2D eigenvalue weighted by atomic mass is 19.1. The van der Waals surface area contributed by atoms with Crippen LogP contribution in [0.4, 0.5) is 4.39 Å². The number of amides is 1. The molecule has 0 radical (unpaired) electrons. The molecule has 1 aliphatic heterocycles. The van der Waals surface area contributed by atoms with Gasteiger partial charge in [0, 0.05) is 49.8 Å². The lowest BCUT2D eigenvalue weighted by molar-refractivity contribution is -0.127. The summed E-state index contributed by atoms with van der Waals surface area (Å²) in [5, 5.41) is 10.1. The third kappa shape index (κ3) is 10.1. The van der Waals surface area contributed by atoms with Gasteiger partial charge in [0.15, 0.2) is 6.29 Å². The molecule has 0 saturated carbocycles. The van der Waals surface area contributed by atoms with Crippen molar-refractivity contribution in [3.63, 3.8) is 0 Å². The molecule has 0 saturated heterocycles. The van der Waals surface area contributed by atoms with E-state index in [9.17, 15) is 14.7 Å². The van der Waals surface area contributed by atoms with Gasteiger partial charge in [0.2, 0.25) is 5.91 Å². The van der Waals surface area contributed by atoms with Crippen LogP contribution >= 0.6 is 0 Å². The molecule has 1 aromatic rings. The first kappa shape index (κ1) is 32.4. The number of carbonyl (C=O) groups excluding carboxylic acids is 2. The zero-order valence-corrected chi connectivity index (χ0v) is 24.4. The molecule has 3 N–H and O–H groups in total. The lowest BCUT2D eigenvalue weighted by atomic mass is 9.97. The van der Waals surface area contributed by atoms with Gasteiger partial charge in [0.05, 0.1) is 18.0 Å². The minimum atomic E-state index is -0.885. The fourth-order valence-electron chi connectivity index (χ4n) is 4.40. The van der Waals surface area contributed by atoms with Crippen molar-refractivity contribution in [3.8, 4) is 0 Å². The highest BCUT2D eigenvalue weighted by Gasteiger charge is 2.20. The summed E-state index contributed by atoms with van der Waals surface area (Å²) in [4.78, 5) is 33.0. The van der Waals surface area contributed by atoms with Crippen molar-refractivity contribution in [3.05, 3.63) is 82.9 Å². The number of benzene rings is 1. The number of aldehydes is 1. The first-order chi connectivity index (χ1) is 18.9. The maximum absolute atomic E-state index is 15.5. The molecule has 40 heavy (non-hydrogen) atoms. The Balaban J connectivity index is 2.49. The predicted octanol–water partition coefficient (Wildman–Crippen LogP) is 5.30. The Bertz CT molecular complexity index is 1230. The van der Waals surface area contributed by atoms with Gasteiger partial charge in [-0.05, 0) is 73.9 Å². The Hall–Kier alpha value is -3.78. The van der Waals surface area contributed by atoms with Crippen LogP contribution in [0.5, 0.6) is 0 Å². The minimum absolute atomic E-state index is 0.0646. The van der Waals surface area contributed by atoms with Crippen LogP contribution in [-0.2, 0) is 4.79 Å². The number of nitrogens with two attached hydrogens (primary N) is 1. The number of amidine groups is 1. The van der Waals surface area contributed by atoms with E-state index in [1.807, 2.05) is 25.8 Å². The molecule has 0 unspecified atom stereocenters. The molecule has 8 heteroatoms. The van der Waals surface area contributed by atoms with Crippen molar-refractivity contribution < 1.29 is 19.1 Å². The van der Waals surface area contributed by atoms with Crippen LogP contribution in [0.15, 0.2) is 71.2 Å². The highest BCUT2D eigenvalue weighted by molar-refractivity contribution is 6.00. The second-order valence-corrected chi connectivity index (χ2v) is 10.7. The molecule has 1 aliphatic rings. The Morgan fingerprint density at radius 2 is 1.88 bits per heavy atom. The Labute approximate surface area is 238 Å². The number of nitrogens with zero attached hydrogens (tertiary/aromatic N) is 3. The fourth-order valence-corrected chi connectivity index (χ4v) is 4.40. The number of hydrogen-bond acceptors (Lipinski definition) is 6. The van der Waals surface area contributed by atoms with E-state index in [2.05, 4.69) is 11.6 Å². The van der Waals surface area contributed by atoms with Crippen LogP contribution < -0.4 is 5.73 Å². The number of aliphatic hydroxyl groups is 1. The van der Waals surface area contributed by atoms with Gasteiger partial charge in [-0.15, -0.1) is 0 Å². The molecule has 1 amide bonds. The zero-order chi connectivity index (χ0) is 29.9. The summed E-state index contributed by atoms with van der Waals surface area (Å²) in [6.45, 7) is 13.1. The standard InChI is InChI=1S/C32H43FN4O3/c1-7-14-37(15-8-2)31(39)28-17-23(3)29(33)19-25(11-13-35-30(34)20-28)24-9-10-27(21-38)26(18-24)12-16-36(6)22-32(4,5)40/h9-12,16-19,21,40H,3,7-8,13-15,20,22H2,1-2,4-6H3,(H2,34,35)/b16-12-,25-11+,28-17+,29-19?. The topological polar surface area (TPSA) is 99.2 Å². The van der Waals surface area contributed by atoms with Gasteiger partial charge in [0.1, 0.15) is 5.83 Å². The van der Waals surface area contributed by atoms with Crippen LogP contribution in [0.1, 0.15) is 68.4 Å². The Kier molecular flexibility index (Phi) is 12.3. The van der Waals surface area contributed by atoms with E-state index in [1.54, 1.807) is 55.3 Å². The van der Waals surface area contributed by atoms with Gasteiger partial charge in [-0.1, -0.05) is 38.6 Å². The Morgan fingerprint density at radius 3 is 2.48 bits per heavy atom. The lowest BCUT2D eigenvalue weighted by Crippen LogP contribution is -2.34. The highest BCUT2D eigenvalue weighted by Crippen LogP contribution is 2.26. The third-order valence-electron chi connectivity index (χ3n) is 6.16. The maximum atomic E-state index is 15.5. The molecule has 0 aliphatic carbocycles. The normalized spacial score (nSPS) is 17.6. The van der Waals surface area contributed by atoms with E-state index in [-0.39, 0.29) is 30.3 Å². The van der Waals surface area contributed by atoms with Crippen molar-refractivity contribution in [1.82, 2.24) is 9.80 Å². The van der Waals surface area contributed by atoms with Crippen molar-refractivity contribution in [1.29, 1.82) is 0 Å². The number of carbonyl (C=O) groups is 2. The summed E-state index contributed by atoms with van der Waals surface area (Å²) >= 11 is 0. The number of allylic oxidation sites excluding steroid dienone is 5. The number of aliphatic imine (C=N–C) groups is 1. The smallest absolute Gasteiger partial charge is 0.250 e.